The average molecular weight is 338 g/mol. The quantitative estimate of drug-likeness (QED) is 0.916. The van der Waals surface area contributed by atoms with Gasteiger partial charge in [0, 0.05) is 16.8 Å². The maximum absolute atomic E-state index is 13.6. The van der Waals surface area contributed by atoms with Gasteiger partial charge in [0.15, 0.2) is 9.84 Å². The van der Waals surface area contributed by atoms with Crippen molar-refractivity contribution in [2.45, 2.75) is 31.1 Å². The van der Waals surface area contributed by atoms with Gasteiger partial charge in [0.25, 0.3) is 0 Å². The summed E-state index contributed by atoms with van der Waals surface area (Å²) < 4.78 is 36.5. The summed E-state index contributed by atoms with van der Waals surface area (Å²) in [4.78, 5) is 0. The minimum absolute atomic E-state index is 0.172. The van der Waals surface area contributed by atoms with E-state index >= 15 is 0 Å². The fraction of sp³-hybridized carbons (Fsp3) is 0.500. The monoisotopic (exact) mass is 337 g/mol. The first-order chi connectivity index (χ1) is 8.05. The Morgan fingerprint density at radius 3 is 2.50 bits per heavy atom. The van der Waals surface area contributed by atoms with Crippen LogP contribution in [-0.2, 0) is 16.3 Å². The van der Waals surface area contributed by atoms with E-state index in [0.29, 0.717) is 5.56 Å². The molecule has 0 bridgehead atoms. The number of halogens is 2. The topological polar surface area (TPSA) is 60.2 Å². The first-order valence-electron chi connectivity index (χ1n) is 5.45. The lowest BCUT2D eigenvalue weighted by atomic mass is 9.96. The molecule has 0 aromatic heterocycles. The van der Waals surface area contributed by atoms with E-state index in [1.54, 1.807) is 26.0 Å². The zero-order valence-electron chi connectivity index (χ0n) is 10.6. The van der Waals surface area contributed by atoms with Crippen molar-refractivity contribution in [1.29, 1.82) is 0 Å². The van der Waals surface area contributed by atoms with Gasteiger partial charge in [-0.05, 0) is 44.0 Å². The summed E-state index contributed by atoms with van der Waals surface area (Å²) in [6.45, 7) is 3.12. The van der Waals surface area contributed by atoms with Crippen molar-refractivity contribution in [2.24, 2.45) is 5.73 Å². The molecule has 3 nitrogen and oxygen atoms in total. The third-order valence-electron chi connectivity index (χ3n) is 3.30. The fourth-order valence-electron chi connectivity index (χ4n) is 1.46. The predicted molar refractivity (Wildman–Crippen MR) is 74.7 cm³/mol. The van der Waals surface area contributed by atoms with Gasteiger partial charge in [0.2, 0.25) is 0 Å². The van der Waals surface area contributed by atoms with Gasteiger partial charge in [-0.15, -0.1) is 0 Å². The van der Waals surface area contributed by atoms with Crippen LogP contribution in [0.5, 0.6) is 0 Å². The van der Waals surface area contributed by atoms with Crippen LogP contribution in [0.15, 0.2) is 22.7 Å². The number of hydrogen-bond acceptors (Lipinski definition) is 3. The zero-order valence-corrected chi connectivity index (χ0v) is 13.0. The van der Waals surface area contributed by atoms with Crippen molar-refractivity contribution in [3.8, 4) is 0 Å². The molecule has 0 amide bonds. The molecule has 1 rings (SSSR count). The van der Waals surface area contributed by atoms with Gasteiger partial charge in [-0.3, -0.25) is 0 Å². The molecule has 102 valence electrons. The summed E-state index contributed by atoms with van der Waals surface area (Å²) >= 11 is 3.25. The molecule has 0 aliphatic carbocycles. The molecule has 0 saturated carbocycles. The second-order valence-electron chi connectivity index (χ2n) is 4.92. The van der Waals surface area contributed by atoms with E-state index in [1.807, 2.05) is 0 Å². The van der Waals surface area contributed by atoms with Gasteiger partial charge in [-0.2, -0.15) is 0 Å². The van der Waals surface area contributed by atoms with Gasteiger partial charge in [-0.1, -0.05) is 15.9 Å². The minimum atomic E-state index is -3.30. The summed E-state index contributed by atoms with van der Waals surface area (Å²) in [7, 11) is -3.30. The molecule has 0 fully saturated rings. The molecular formula is C12H17BrFNO2S. The largest absolute Gasteiger partial charge is 0.326 e. The molecule has 0 aliphatic heterocycles. The first kappa shape index (κ1) is 15.6. The second kappa shape index (κ2) is 5.27. The minimum Gasteiger partial charge on any atom is -0.326 e. The van der Waals surface area contributed by atoms with Crippen molar-refractivity contribution in [2.75, 3.05) is 6.26 Å². The molecular weight excluding hydrogens is 321 g/mol. The molecule has 0 heterocycles. The standard InChI is InChI=1S/C12H17BrFNO2S/c1-12(2,18(3,16)17)11(15)7-8-6-9(13)4-5-10(8)14/h4-6,11H,7,15H2,1-3H3. The average Bonchev–Trinajstić information content (AvgIpc) is 2.21. The summed E-state index contributed by atoms with van der Waals surface area (Å²) in [5.41, 5.74) is 6.34. The highest BCUT2D eigenvalue weighted by atomic mass is 79.9. The fourth-order valence-corrected chi connectivity index (χ4v) is 2.50. The maximum atomic E-state index is 13.6. The van der Waals surface area contributed by atoms with E-state index in [9.17, 15) is 12.8 Å². The Labute approximate surface area is 116 Å². The Kier molecular flexibility index (Phi) is 4.56. The SMILES string of the molecule is CC(C)(C(N)Cc1cc(Br)ccc1F)S(C)(=O)=O. The highest BCUT2D eigenvalue weighted by Gasteiger charge is 2.37. The predicted octanol–water partition coefficient (Wildman–Crippen LogP) is 2.28. The van der Waals surface area contributed by atoms with E-state index in [1.165, 1.54) is 6.07 Å². The number of sulfone groups is 1. The Bertz CT molecular complexity index is 543. The molecule has 1 unspecified atom stereocenters. The van der Waals surface area contributed by atoms with Crippen LogP contribution in [0.3, 0.4) is 0 Å². The molecule has 0 saturated heterocycles. The van der Waals surface area contributed by atoms with Crippen LogP contribution < -0.4 is 5.73 Å². The molecule has 0 aliphatic rings. The van der Waals surface area contributed by atoms with Crippen LogP contribution in [0.4, 0.5) is 4.39 Å². The highest BCUT2D eigenvalue weighted by Crippen LogP contribution is 2.24. The summed E-state index contributed by atoms with van der Waals surface area (Å²) in [6.07, 6.45) is 1.31. The zero-order chi connectivity index (χ0) is 14.1. The maximum Gasteiger partial charge on any atom is 0.154 e. The van der Waals surface area contributed by atoms with Crippen molar-refractivity contribution < 1.29 is 12.8 Å². The van der Waals surface area contributed by atoms with Gasteiger partial charge in [0.05, 0.1) is 4.75 Å². The smallest absolute Gasteiger partial charge is 0.154 e. The lowest BCUT2D eigenvalue weighted by molar-refractivity contribution is 0.474. The number of hydrogen-bond donors (Lipinski definition) is 1. The van der Waals surface area contributed by atoms with Gasteiger partial charge < -0.3 is 5.73 Å². The van der Waals surface area contributed by atoms with E-state index in [-0.39, 0.29) is 12.2 Å². The van der Waals surface area contributed by atoms with E-state index in [0.717, 1.165) is 10.7 Å². The molecule has 0 spiro atoms. The van der Waals surface area contributed by atoms with Crippen LogP contribution in [0.2, 0.25) is 0 Å². The van der Waals surface area contributed by atoms with Crippen LogP contribution in [0, 0.1) is 5.82 Å². The number of nitrogens with two attached hydrogens (primary N) is 1. The van der Waals surface area contributed by atoms with Crippen molar-refractivity contribution in [3.05, 3.63) is 34.1 Å². The molecule has 1 aromatic rings. The Hall–Kier alpha value is -0.460. The number of benzene rings is 1. The van der Waals surface area contributed by atoms with Crippen LogP contribution in [-0.4, -0.2) is 25.5 Å². The van der Waals surface area contributed by atoms with Gasteiger partial charge in [0.1, 0.15) is 5.82 Å². The van der Waals surface area contributed by atoms with Gasteiger partial charge in [-0.25, -0.2) is 12.8 Å². The molecule has 6 heteroatoms. The lowest BCUT2D eigenvalue weighted by Crippen LogP contribution is -2.50. The van der Waals surface area contributed by atoms with Crippen LogP contribution >= 0.6 is 15.9 Å². The molecule has 1 atom stereocenters. The van der Waals surface area contributed by atoms with Crippen molar-refractivity contribution >= 4 is 25.8 Å². The van der Waals surface area contributed by atoms with Crippen LogP contribution in [0.1, 0.15) is 19.4 Å². The molecule has 1 aromatic carbocycles. The molecule has 2 N–H and O–H groups in total. The summed E-state index contributed by atoms with van der Waals surface area (Å²) in [5, 5.41) is 0. The Morgan fingerprint density at radius 1 is 1.44 bits per heavy atom. The third kappa shape index (κ3) is 3.30. The second-order valence-corrected chi connectivity index (χ2v) is 8.43. The van der Waals surface area contributed by atoms with Crippen molar-refractivity contribution in [1.82, 2.24) is 0 Å². The van der Waals surface area contributed by atoms with E-state index in [2.05, 4.69) is 15.9 Å². The summed E-state index contributed by atoms with van der Waals surface area (Å²) in [6, 6.07) is 3.87. The van der Waals surface area contributed by atoms with E-state index < -0.39 is 20.6 Å². The summed E-state index contributed by atoms with van der Waals surface area (Å²) in [5.74, 6) is -0.377. The third-order valence-corrected chi connectivity index (χ3v) is 6.00. The van der Waals surface area contributed by atoms with Gasteiger partial charge >= 0.3 is 0 Å². The van der Waals surface area contributed by atoms with Crippen LogP contribution in [0.25, 0.3) is 0 Å². The normalized spacial score (nSPS) is 14.6. The highest BCUT2D eigenvalue weighted by molar-refractivity contribution is 9.10. The van der Waals surface area contributed by atoms with Crippen molar-refractivity contribution in [3.63, 3.8) is 0 Å². The first-order valence-corrected chi connectivity index (χ1v) is 8.13. The lowest BCUT2D eigenvalue weighted by Gasteiger charge is -2.29. The number of rotatable bonds is 4. The Balaban J connectivity index is 3.02. The van der Waals surface area contributed by atoms with E-state index in [4.69, 9.17) is 5.73 Å². The molecule has 0 radical (unpaired) electrons. The molecule has 18 heavy (non-hydrogen) atoms. The Morgan fingerprint density at radius 2 is 2.00 bits per heavy atom.